The molecule has 0 spiro atoms. The first-order valence-corrected chi connectivity index (χ1v) is 6.38. The molecule has 2 saturated carbocycles. The van der Waals surface area contributed by atoms with Crippen LogP contribution >= 0.6 is 0 Å². The van der Waals surface area contributed by atoms with E-state index in [2.05, 4.69) is 13.8 Å². The minimum absolute atomic E-state index is 0.0837. The standard InChI is InChI=1S/C13H24O2/c1-9(8-14)10-5-6-11-12(15)4-3-7-13(10,11)2/h9-12,14-15H,3-8H2,1-2H3/t9-,10-,11?,12+,13?/m1/s1. The van der Waals surface area contributed by atoms with Crippen LogP contribution in [0.5, 0.6) is 0 Å². The minimum atomic E-state index is -0.0837. The van der Waals surface area contributed by atoms with Gasteiger partial charge in [0.1, 0.15) is 0 Å². The van der Waals surface area contributed by atoms with E-state index in [9.17, 15) is 10.2 Å². The van der Waals surface area contributed by atoms with Gasteiger partial charge in [0.05, 0.1) is 6.10 Å². The largest absolute Gasteiger partial charge is 0.396 e. The van der Waals surface area contributed by atoms with E-state index in [1.807, 2.05) is 0 Å². The molecule has 2 nitrogen and oxygen atoms in total. The Morgan fingerprint density at radius 1 is 1.33 bits per heavy atom. The van der Waals surface area contributed by atoms with Crippen LogP contribution in [0.4, 0.5) is 0 Å². The Hall–Kier alpha value is -0.0800. The van der Waals surface area contributed by atoms with Crippen LogP contribution in [0.2, 0.25) is 0 Å². The molecule has 0 amide bonds. The minimum Gasteiger partial charge on any atom is -0.396 e. The maximum absolute atomic E-state index is 10.1. The molecule has 2 heteroatoms. The predicted molar refractivity (Wildman–Crippen MR) is 60.4 cm³/mol. The van der Waals surface area contributed by atoms with Crippen LogP contribution in [0, 0.1) is 23.2 Å². The van der Waals surface area contributed by atoms with Crippen LogP contribution in [0.15, 0.2) is 0 Å². The number of fused-ring (bicyclic) bond motifs is 1. The highest BCUT2D eigenvalue weighted by Crippen LogP contribution is 2.57. The van der Waals surface area contributed by atoms with E-state index < -0.39 is 0 Å². The summed E-state index contributed by atoms with van der Waals surface area (Å²) in [5, 5.41) is 19.4. The van der Waals surface area contributed by atoms with Gasteiger partial charge >= 0.3 is 0 Å². The highest BCUT2D eigenvalue weighted by molar-refractivity contribution is 5.01. The zero-order chi connectivity index (χ0) is 11.1. The molecule has 2 rings (SSSR count). The lowest BCUT2D eigenvalue weighted by atomic mass is 9.62. The van der Waals surface area contributed by atoms with E-state index >= 15 is 0 Å². The maximum Gasteiger partial charge on any atom is 0.0573 e. The lowest BCUT2D eigenvalue weighted by Gasteiger charge is -2.45. The normalized spacial score (nSPS) is 47.6. The van der Waals surface area contributed by atoms with Crippen LogP contribution in [0.1, 0.15) is 46.0 Å². The van der Waals surface area contributed by atoms with Crippen LogP contribution in [0.25, 0.3) is 0 Å². The lowest BCUT2D eigenvalue weighted by Crippen LogP contribution is -2.41. The van der Waals surface area contributed by atoms with E-state index in [1.165, 1.54) is 12.8 Å². The van der Waals surface area contributed by atoms with E-state index in [0.29, 0.717) is 29.8 Å². The van der Waals surface area contributed by atoms with Crippen molar-refractivity contribution in [3.63, 3.8) is 0 Å². The third kappa shape index (κ3) is 1.72. The summed E-state index contributed by atoms with van der Waals surface area (Å²) in [6, 6.07) is 0. The predicted octanol–water partition coefficient (Wildman–Crippen LogP) is 2.19. The van der Waals surface area contributed by atoms with E-state index in [1.54, 1.807) is 0 Å². The Labute approximate surface area is 92.7 Å². The molecule has 0 bridgehead atoms. The lowest BCUT2D eigenvalue weighted by molar-refractivity contribution is -0.0321. The fraction of sp³-hybridized carbons (Fsp3) is 1.00. The van der Waals surface area contributed by atoms with Crippen molar-refractivity contribution in [1.29, 1.82) is 0 Å². The SMILES string of the molecule is C[C@H](CO)[C@H]1CCC2[C@@H](O)CCCC21C. The van der Waals surface area contributed by atoms with Crippen LogP contribution < -0.4 is 0 Å². The van der Waals surface area contributed by atoms with Gasteiger partial charge in [0.25, 0.3) is 0 Å². The second kappa shape index (κ2) is 4.06. The summed E-state index contributed by atoms with van der Waals surface area (Å²) in [6.07, 6.45) is 5.65. The molecule has 0 heterocycles. The van der Waals surface area contributed by atoms with Crippen molar-refractivity contribution in [2.24, 2.45) is 23.2 Å². The number of rotatable bonds is 2. The van der Waals surface area contributed by atoms with Gasteiger partial charge in [-0.15, -0.1) is 0 Å². The highest BCUT2D eigenvalue weighted by Gasteiger charge is 2.51. The molecule has 0 aromatic carbocycles. The van der Waals surface area contributed by atoms with Gasteiger partial charge in [-0.25, -0.2) is 0 Å². The van der Waals surface area contributed by atoms with Crippen LogP contribution in [-0.2, 0) is 0 Å². The van der Waals surface area contributed by atoms with Crippen molar-refractivity contribution in [2.75, 3.05) is 6.61 Å². The van der Waals surface area contributed by atoms with Gasteiger partial charge in [0.15, 0.2) is 0 Å². The number of hydrogen-bond donors (Lipinski definition) is 2. The van der Waals surface area contributed by atoms with Crippen molar-refractivity contribution in [3.8, 4) is 0 Å². The van der Waals surface area contributed by atoms with Crippen LogP contribution in [-0.4, -0.2) is 22.9 Å². The molecular formula is C13H24O2. The van der Waals surface area contributed by atoms with Gasteiger partial charge in [-0.3, -0.25) is 0 Å². The number of hydrogen-bond acceptors (Lipinski definition) is 2. The van der Waals surface area contributed by atoms with Gasteiger partial charge in [-0.2, -0.15) is 0 Å². The third-order valence-electron chi connectivity index (χ3n) is 5.14. The average molecular weight is 212 g/mol. The van der Waals surface area contributed by atoms with Gasteiger partial charge < -0.3 is 10.2 Å². The molecular weight excluding hydrogens is 188 g/mol. The Balaban J connectivity index is 2.17. The Morgan fingerprint density at radius 3 is 2.73 bits per heavy atom. The van der Waals surface area contributed by atoms with Gasteiger partial charge in [0, 0.05) is 6.61 Å². The van der Waals surface area contributed by atoms with Crippen molar-refractivity contribution in [1.82, 2.24) is 0 Å². The number of aliphatic hydroxyl groups excluding tert-OH is 2. The zero-order valence-corrected chi connectivity index (χ0v) is 9.95. The Morgan fingerprint density at radius 2 is 2.07 bits per heavy atom. The Bertz CT molecular complexity index is 229. The van der Waals surface area contributed by atoms with E-state index in [-0.39, 0.29) is 6.10 Å². The van der Waals surface area contributed by atoms with Crippen LogP contribution in [0.3, 0.4) is 0 Å². The summed E-state index contributed by atoms with van der Waals surface area (Å²) in [5.74, 6) is 1.50. The Kier molecular flexibility index (Phi) is 3.09. The van der Waals surface area contributed by atoms with Crippen molar-refractivity contribution >= 4 is 0 Å². The van der Waals surface area contributed by atoms with E-state index in [0.717, 1.165) is 19.3 Å². The molecule has 2 N–H and O–H groups in total. The fourth-order valence-corrected chi connectivity index (χ4v) is 4.25. The fourth-order valence-electron chi connectivity index (χ4n) is 4.25. The average Bonchev–Trinajstić information content (AvgIpc) is 2.56. The molecule has 2 aliphatic carbocycles. The molecule has 15 heavy (non-hydrogen) atoms. The molecule has 0 aromatic rings. The molecule has 2 fully saturated rings. The highest BCUT2D eigenvalue weighted by atomic mass is 16.3. The molecule has 0 aliphatic heterocycles. The van der Waals surface area contributed by atoms with Crippen molar-refractivity contribution < 1.29 is 10.2 Å². The van der Waals surface area contributed by atoms with Gasteiger partial charge in [-0.1, -0.05) is 20.3 Å². The summed E-state index contributed by atoms with van der Waals surface area (Å²) in [5.41, 5.74) is 0.291. The molecule has 2 unspecified atom stereocenters. The number of aliphatic hydroxyl groups is 2. The van der Waals surface area contributed by atoms with Crippen molar-refractivity contribution in [3.05, 3.63) is 0 Å². The first-order chi connectivity index (χ1) is 7.09. The summed E-state index contributed by atoms with van der Waals surface area (Å²) in [6.45, 7) is 4.78. The van der Waals surface area contributed by atoms with Crippen molar-refractivity contribution in [2.45, 2.75) is 52.1 Å². The molecule has 0 aromatic heterocycles. The summed E-state index contributed by atoms with van der Waals surface area (Å²) in [7, 11) is 0. The zero-order valence-electron chi connectivity index (χ0n) is 9.95. The quantitative estimate of drug-likeness (QED) is 0.736. The monoisotopic (exact) mass is 212 g/mol. The smallest absolute Gasteiger partial charge is 0.0573 e. The van der Waals surface area contributed by atoms with Gasteiger partial charge in [-0.05, 0) is 48.9 Å². The topological polar surface area (TPSA) is 40.5 Å². The second-order valence-corrected chi connectivity index (χ2v) is 5.92. The second-order valence-electron chi connectivity index (χ2n) is 5.92. The molecule has 2 aliphatic rings. The third-order valence-corrected chi connectivity index (χ3v) is 5.14. The maximum atomic E-state index is 10.1. The first kappa shape index (κ1) is 11.4. The summed E-state index contributed by atoms with van der Waals surface area (Å²) >= 11 is 0. The summed E-state index contributed by atoms with van der Waals surface area (Å²) < 4.78 is 0. The molecule has 5 atom stereocenters. The molecule has 0 saturated heterocycles. The summed E-state index contributed by atoms with van der Waals surface area (Å²) in [4.78, 5) is 0. The van der Waals surface area contributed by atoms with Gasteiger partial charge in [0.2, 0.25) is 0 Å². The molecule has 88 valence electrons. The first-order valence-electron chi connectivity index (χ1n) is 6.38. The molecule has 0 radical (unpaired) electrons. The van der Waals surface area contributed by atoms with E-state index in [4.69, 9.17) is 0 Å².